The van der Waals surface area contributed by atoms with Crippen LogP contribution in [0.1, 0.15) is 26.7 Å². The molecule has 1 N–H and O–H groups in total. The van der Waals surface area contributed by atoms with Crippen molar-refractivity contribution < 1.29 is 14.3 Å². The summed E-state index contributed by atoms with van der Waals surface area (Å²) in [5, 5.41) is 2.82. The highest BCUT2D eigenvalue weighted by molar-refractivity contribution is 5.75. The first-order chi connectivity index (χ1) is 9.18. The third-order valence-corrected chi connectivity index (χ3v) is 2.44. The molecule has 1 aromatic carbocycles. The summed E-state index contributed by atoms with van der Waals surface area (Å²) in [7, 11) is 0. The third kappa shape index (κ3) is 8.21. The van der Waals surface area contributed by atoms with Crippen LogP contribution in [0.15, 0.2) is 30.3 Å². The smallest absolute Gasteiger partial charge is 0.220 e. The number of hydrogen-bond donors (Lipinski definition) is 1. The topological polar surface area (TPSA) is 47.6 Å². The van der Waals surface area contributed by atoms with Gasteiger partial charge in [0.2, 0.25) is 5.91 Å². The third-order valence-electron chi connectivity index (χ3n) is 2.44. The van der Waals surface area contributed by atoms with Gasteiger partial charge in [0, 0.05) is 13.0 Å². The molecule has 0 aromatic heterocycles. The van der Waals surface area contributed by atoms with E-state index in [1.807, 2.05) is 44.2 Å². The normalized spacial score (nSPS) is 10.5. The molecule has 0 radical (unpaired) electrons. The van der Waals surface area contributed by atoms with Gasteiger partial charge < -0.3 is 14.8 Å². The molecule has 0 aliphatic rings. The molecule has 0 heterocycles. The van der Waals surface area contributed by atoms with Gasteiger partial charge >= 0.3 is 0 Å². The SMILES string of the molecule is CC(C)OCCNC(=O)CCCOc1ccccc1. The fraction of sp³-hybridized carbons (Fsp3) is 0.533. The van der Waals surface area contributed by atoms with Crippen LogP contribution in [0.5, 0.6) is 5.75 Å². The number of benzene rings is 1. The Morgan fingerprint density at radius 2 is 1.95 bits per heavy atom. The monoisotopic (exact) mass is 265 g/mol. The minimum Gasteiger partial charge on any atom is -0.494 e. The molecule has 1 aromatic rings. The number of hydrogen-bond acceptors (Lipinski definition) is 3. The lowest BCUT2D eigenvalue weighted by molar-refractivity contribution is -0.121. The molecule has 19 heavy (non-hydrogen) atoms. The molecular weight excluding hydrogens is 242 g/mol. The maximum absolute atomic E-state index is 11.5. The highest BCUT2D eigenvalue weighted by atomic mass is 16.5. The Morgan fingerprint density at radius 1 is 1.21 bits per heavy atom. The van der Waals surface area contributed by atoms with Gasteiger partial charge in [-0.05, 0) is 32.4 Å². The van der Waals surface area contributed by atoms with Gasteiger partial charge in [-0.1, -0.05) is 18.2 Å². The molecule has 4 nitrogen and oxygen atoms in total. The number of rotatable bonds is 9. The van der Waals surface area contributed by atoms with Crippen LogP contribution in [0.3, 0.4) is 0 Å². The van der Waals surface area contributed by atoms with Crippen LogP contribution in [0.25, 0.3) is 0 Å². The van der Waals surface area contributed by atoms with Crippen molar-refractivity contribution in [1.82, 2.24) is 5.32 Å². The van der Waals surface area contributed by atoms with Crippen LogP contribution in [0.2, 0.25) is 0 Å². The summed E-state index contributed by atoms with van der Waals surface area (Å²) in [6.07, 6.45) is 1.40. The Hall–Kier alpha value is -1.55. The van der Waals surface area contributed by atoms with E-state index in [2.05, 4.69) is 5.32 Å². The van der Waals surface area contributed by atoms with Crippen molar-refractivity contribution in [2.24, 2.45) is 0 Å². The van der Waals surface area contributed by atoms with E-state index in [0.29, 0.717) is 32.6 Å². The van der Waals surface area contributed by atoms with Gasteiger partial charge in [0.1, 0.15) is 5.75 Å². The maximum Gasteiger partial charge on any atom is 0.220 e. The second kappa shape index (κ2) is 9.39. The van der Waals surface area contributed by atoms with Crippen molar-refractivity contribution in [3.63, 3.8) is 0 Å². The van der Waals surface area contributed by atoms with Crippen molar-refractivity contribution >= 4 is 5.91 Å². The first kappa shape index (κ1) is 15.5. The molecule has 0 aliphatic carbocycles. The Balaban J connectivity index is 1.98. The predicted octanol–water partition coefficient (Wildman–Crippen LogP) is 2.39. The average molecular weight is 265 g/mol. The number of carbonyl (C=O) groups is 1. The first-order valence-corrected chi connectivity index (χ1v) is 6.74. The van der Waals surface area contributed by atoms with Gasteiger partial charge in [-0.3, -0.25) is 4.79 Å². The molecular formula is C15H23NO3. The molecule has 0 saturated carbocycles. The number of ether oxygens (including phenoxy) is 2. The number of para-hydroxylation sites is 1. The van der Waals surface area contributed by atoms with Crippen molar-refractivity contribution in [3.8, 4) is 5.75 Å². The minimum absolute atomic E-state index is 0.0454. The zero-order chi connectivity index (χ0) is 13.9. The summed E-state index contributed by atoms with van der Waals surface area (Å²) >= 11 is 0. The molecule has 0 atom stereocenters. The van der Waals surface area contributed by atoms with Crippen LogP contribution in [0, 0.1) is 0 Å². The lowest BCUT2D eigenvalue weighted by Gasteiger charge is -2.09. The van der Waals surface area contributed by atoms with E-state index in [9.17, 15) is 4.79 Å². The molecule has 1 rings (SSSR count). The molecule has 0 saturated heterocycles. The highest BCUT2D eigenvalue weighted by Gasteiger charge is 2.01. The van der Waals surface area contributed by atoms with Gasteiger partial charge in [0.25, 0.3) is 0 Å². The second-order valence-corrected chi connectivity index (χ2v) is 4.53. The quantitative estimate of drug-likeness (QED) is 0.697. The zero-order valence-corrected chi connectivity index (χ0v) is 11.7. The van der Waals surface area contributed by atoms with Crippen LogP contribution < -0.4 is 10.1 Å². The van der Waals surface area contributed by atoms with Crippen LogP contribution in [0.4, 0.5) is 0 Å². The van der Waals surface area contributed by atoms with Crippen molar-refractivity contribution in [2.45, 2.75) is 32.8 Å². The summed E-state index contributed by atoms with van der Waals surface area (Å²) < 4.78 is 10.8. The Kier molecular flexibility index (Phi) is 7.66. The van der Waals surface area contributed by atoms with Gasteiger partial charge in [-0.25, -0.2) is 0 Å². The molecule has 0 aliphatic heterocycles. The molecule has 106 valence electrons. The summed E-state index contributed by atoms with van der Waals surface area (Å²) in [4.78, 5) is 11.5. The fourth-order valence-electron chi connectivity index (χ4n) is 1.51. The lowest BCUT2D eigenvalue weighted by Crippen LogP contribution is -2.28. The number of nitrogens with one attached hydrogen (secondary N) is 1. The number of amides is 1. The molecule has 0 unspecified atom stereocenters. The van der Waals surface area contributed by atoms with Crippen molar-refractivity contribution in [3.05, 3.63) is 30.3 Å². The summed E-state index contributed by atoms with van der Waals surface area (Å²) in [5.74, 6) is 0.886. The Labute approximate surface area is 115 Å². The molecule has 0 bridgehead atoms. The second-order valence-electron chi connectivity index (χ2n) is 4.53. The van der Waals surface area contributed by atoms with Gasteiger partial charge in [-0.15, -0.1) is 0 Å². The Morgan fingerprint density at radius 3 is 2.63 bits per heavy atom. The summed E-state index contributed by atoms with van der Waals surface area (Å²) in [6.45, 7) is 5.63. The minimum atomic E-state index is 0.0454. The summed E-state index contributed by atoms with van der Waals surface area (Å²) in [6, 6.07) is 9.61. The predicted molar refractivity (Wildman–Crippen MR) is 75.3 cm³/mol. The van der Waals surface area contributed by atoms with Gasteiger partial charge in [-0.2, -0.15) is 0 Å². The van der Waals surface area contributed by atoms with E-state index in [1.54, 1.807) is 0 Å². The van der Waals surface area contributed by atoms with Gasteiger partial charge in [0.05, 0.1) is 19.3 Å². The van der Waals surface area contributed by atoms with E-state index in [0.717, 1.165) is 5.75 Å². The highest BCUT2D eigenvalue weighted by Crippen LogP contribution is 2.08. The largest absolute Gasteiger partial charge is 0.494 e. The molecule has 4 heteroatoms. The first-order valence-electron chi connectivity index (χ1n) is 6.74. The summed E-state index contributed by atoms with van der Waals surface area (Å²) in [5.41, 5.74) is 0. The fourth-order valence-corrected chi connectivity index (χ4v) is 1.51. The van der Waals surface area contributed by atoms with E-state index < -0.39 is 0 Å². The van der Waals surface area contributed by atoms with E-state index in [-0.39, 0.29) is 12.0 Å². The van der Waals surface area contributed by atoms with E-state index in [1.165, 1.54) is 0 Å². The van der Waals surface area contributed by atoms with Crippen LogP contribution in [-0.4, -0.2) is 31.8 Å². The molecule has 0 spiro atoms. The standard InChI is InChI=1S/C15H23NO3/c1-13(2)18-12-10-16-15(17)9-6-11-19-14-7-4-3-5-8-14/h3-5,7-8,13H,6,9-12H2,1-2H3,(H,16,17). The molecule has 1 amide bonds. The number of carbonyl (C=O) groups excluding carboxylic acids is 1. The van der Waals surface area contributed by atoms with Gasteiger partial charge in [0.15, 0.2) is 0 Å². The Bertz CT molecular complexity index is 352. The van der Waals surface area contributed by atoms with E-state index >= 15 is 0 Å². The maximum atomic E-state index is 11.5. The van der Waals surface area contributed by atoms with E-state index in [4.69, 9.17) is 9.47 Å². The van der Waals surface area contributed by atoms with Crippen molar-refractivity contribution in [1.29, 1.82) is 0 Å². The van der Waals surface area contributed by atoms with Crippen LogP contribution >= 0.6 is 0 Å². The average Bonchev–Trinajstić information content (AvgIpc) is 2.41. The van der Waals surface area contributed by atoms with Crippen molar-refractivity contribution in [2.75, 3.05) is 19.8 Å². The zero-order valence-electron chi connectivity index (χ0n) is 11.7. The lowest BCUT2D eigenvalue weighted by atomic mass is 10.3. The molecule has 0 fully saturated rings. The van der Waals surface area contributed by atoms with Crippen LogP contribution in [-0.2, 0) is 9.53 Å².